The molecule has 2 unspecified atom stereocenters. The molecule has 5 rings (SSSR count). The number of Topliss-reactive ketones (excluding diaryl/α,β-unsaturated/α-hetero) is 1. The minimum absolute atomic E-state index is 0.0610. The van der Waals surface area contributed by atoms with Crippen LogP contribution in [0.5, 0.6) is 0 Å². The number of nitrogens with one attached hydrogen (secondary N) is 2. The maximum atomic E-state index is 11.7. The second kappa shape index (κ2) is 32.2. The fourth-order valence-electron chi connectivity index (χ4n) is 5.64. The number of benzene rings is 4. The Balaban J connectivity index is 0.000000489. The summed E-state index contributed by atoms with van der Waals surface area (Å²) in [5.74, 6) is -1.53. The number of aliphatic imine (C=N–C) groups is 2. The number of hydrogen-bond acceptors (Lipinski definition) is 14. The van der Waals surface area contributed by atoms with Crippen LogP contribution >= 0.6 is 0 Å². The molecule has 2 atom stereocenters. The number of hydrogen-bond donors (Lipinski definition) is 3. The Labute approximate surface area is 431 Å². The fourth-order valence-corrected chi connectivity index (χ4v) is 5.64. The van der Waals surface area contributed by atoms with E-state index < -0.39 is 52.0 Å². The quantitative estimate of drug-likeness (QED) is 0.0358. The first-order valence-electron chi connectivity index (χ1n) is 23.4. The first kappa shape index (κ1) is 64.1. The Kier molecular flexibility index (Phi) is 28.3. The van der Waals surface area contributed by atoms with Gasteiger partial charge < -0.3 is 49.1 Å². The van der Waals surface area contributed by atoms with Crippen molar-refractivity contribution in [1.82, 2.24) is 10.6 Å². The molecular weight excluding hydrogens is 937 g/mol. The largest absolute Gasteiger partial charge is 0.595 e. The van der Waals surface area contributed by atoms with Crippen LogP contribution in [0, 0.1) is 0 Å². The molecule has 17 nitrogen and oxygen atoms in total. The van der Waals surface area contributed by atoms with Gasteiger partial charge in [-0.25, -0.2) is 14.6 Å². The number of carboxylic acid groups (broad SMARTS) is 1. The zero-order chi connectivity index (χ0) is 55.1. The number of imide groups is 1. The third-order valence-electron chi connectivity index (χ3n) is 9.08. The highest BCUT2D eigenvalue weighted by molar-refractivity contribution is 6.06. The van der Waals surface area contributed by atoms with Gasteiger partial charge in [0.05, 0.1) is 51.8 Å². The third-order valence-corrected chi connectivity index (χ3v) is 9.08. The highest BCUT2D eigenvalue weighted by atomic mass is 16.6. The van der Waals surface area contributed by atoms with Crippen molar-refractivity contribution in [3.05, 3.63) is 157 Å². The van der Waals surface area contributed by atoms with E-state index in [1.807, 2.05) is 156 Å². The first-order chi connectivity index (χ1) is 34.2. The lowest BCUT2D eigenvalue weighted by Gasteiger charge is -2.31. The molecule has 17 heteroatoms. The van der Waals surface area contributed by atoms with Gasteiger partial charge in [0.2, 0.25) is 0 Å². The number of ether oxygens (including phenoxy) is 6. The zero-order valence-electron chi connectivity index (χ0n) is 44.4. The van der Waals surface area contributed by atoms with Crippen LogP contribution in [0.25, 0.3) is 0 Å². The van der Waals surface area contributed by atoms with Crippen molar-refractivity contribution in [3.8, 4) is 0 Å². The van der Waals surface area contributed by atoms with E-state index in [1.165, 1.54) is 13.8 Å². The minimum Gasteiger partial charge on any atom is -0.595 e. The molecule has 1 heterocycles. The summed E-state index contributed by atoms with van der Waals surface area (Å²) in [6.45, 7) is 26.9. The highest BCUT2D eigenvalue weighted by Crippen LogP contribution is 2.17. The van der Waals surface area contributed by atoms with Crippen LogP contribution in [0.3, 0.4) is 0 Å². The minimum atomic E-state index is -1.68. The molecule has 1 fully saturated rings. The highest BCUT2D eigenvalue weighted by Gasteiger charge is 2.42. The Morgan fingerprint density at radius 3 is 1.29 bits per heavy atom. The SMILES string of the molecule is C=C.CC(=O)COCc1ccccc1.CC(C)(C)OC([O-])=NC(C)(COCc1ccccc1)C(=O)O.CC(C)(COCc1ccccc1)N=C([O-])OC(C)(C)C.CC1(COCc2ccccc2)NC(=O)NC1=O. The van der Waals surface area contributed by atoms with Gasteiger partial charge in [0, 0.05) is 11.2 Å². The van der Waals surface area contributed by atoms with E-state index in [-0.39, 0.29) is 38.1 Å². The summed E-state index contributed by atoms with van der Waals surface area (Å²) in [7, 11) is 0. The molecule has 1 aliphatic rings. The average molecular weight is 1010 g/mol. The van der Waals surface area contributed by atoms with Gasteiger partial charge in [-0.1, -0.05) is 163 Å². The van der Waals surface area contributed by atoms with Crippen molar-refractivity contribution in [2.45, 2.75) is 130 Å². The number of rotatable bonds is 19. The summed E-state index contributed by atoms with van der Waals surface area (Å²) in [6.07, 6.45) is -1.47. The molecule has 73 heavy (non-hydrogen) atoms. The maximum absolute atomic E-state index is 11.7. The van der Waals surface area contributed by atoms with E-state index in [1.54, 1.807) is 27.7 Å². The smallest absolute Gasteiger partial charge is 0.333 e. The summed E-state index contributed by atoms with van der Waals surface area (Å²) in [5.41, 5.74) is -0.375. The van der Waals surface area contributed by atoms with Gasteiger partial charge in [-0.2, -0.15) is 0 Å². The molecule has 4 aromatic carbocycles. The molecule has 3 amide bonds. The number of amides is 3. The van der Waals surface area contributed by atoms with Crippen molar-refractivity contribution >= 4 is 35.9 Å². The van der Waals surface area contributed by atoms with E-state index >= 15 is 0 Å². The van der Waals surface area contributed by atoms with Gasteiger partial charge in [-0.15, -0.1) is 13.2 Å². The Bertz CT molecular complexity index is 2280. The molecule has 0 bridgehead atoms. The molecule has 0 aromatic heterocycles. The molecule has 1 saturated heterocycles. The van der Waals surface area contributed by atoms with Gasteiger partial charge in [0.1, 0.15) is 24.3 Å². The predicted octanol–water partition coefficient (Wildman–Crippen LogP) is 7.49. The van der Waals surface area contributed by atoms with Crippen LogP contribution in [0.2, 0.25) is 0 Å². The van der Waals surface area contributed by atoms with Gasteiger partial charge in [0.15, 0.2) is 11.3 Å². The summed E-state index contributed by atoms with van der Waals surface area (Å²) in [5, 5.41) is 37.4. The van der Waals surface area contributed by atoms with Crippen LogP contribution < -0.4 is 20.8 Å². The summed E-state index contributed by atoms with van der Waals surface area (Å²) in [4.78, 5) is 52.0. The van der Waals surface area contributed by atoms with Crippen molar-refractivity contribution in [3.63, 3.8) is 0 Å². The summed E-state index contributed by atoms with van der Waals surface area (Å²) >= 11 is 0. The van der Waals surface area contributed by atoms with E-state index in [0.717, 1.165) is 22.3 Å². The van der Waals surface area contributed by atoms with E-state index in [2.05, 4.69) is 33.8 Å². The predicted molar refractivity (Wildman–Crippen MR) is 278 cm³/mol. The third kappa shape index (κ3) is 29.9. The molecular formula is C56H76N4O13-2. The number of urea groups is 1. The van der Waals surface area contributed by atoms with Crippen LogP contribution in [0.4, 0.5) is 4.79 Å². The van der Waals surface area contributed by atoms with Crippen molar-refractivity contribution < 1.29 is 62.9 Å². The molecule has 4 aromatic rings. The lowest BCUT2D eigenvalue weighted by atomic mass is 10.1. The van der Waals surface area contributed by atoms with E-state index in [4.69, 9.17) is 28.4 Å². The van der Waals surface area contributed by atoms with Crippen molar-refractivity contribution in [2.24, 2.45) is 9.98 Å². The second-order valence-corrected chi connectivity index (χ2v) is 19.4. The van der Waals surface area contributed by atoms with Gasteiger partial charge >= 0.3 is 12.0 Å². The maximum Gasteiger partial charge on any atom is 0.333 e. The van der Waals surface area contributed by atoms with Gasteiger partial charge in [-0.05, 0) is 56.9 Å². The second-order valence-electron chi connectivity index (χ2n) is 19.4. The molecule has 3 N–H and O–H groups in total. The molecule has 400 valence electrons. The summed E-state index contributed by atoms with van der Waals surface area (Å²) < 4.78 is 31.8. The monoisotopic (exact) mass is 1010 g/mol. The Hall–Kier alpha value is -6.92. The lowest BCUT2D eigenvalue weighted by Crippen LogP contribution is -2.47. The molecule has 0 radical (unpaired) electrons. The number of carboxylic acids is 1. The van der Waals surface area contributed by atoms with Crippen molar-refractivity contribution in [2.75, 3.05) is 26.4 Å². The van der Waals surface area contributed by atoms with Crippen LogP contribution in [-0.4, -0.2) is 95.2 Å². The lowest BCUT2D eigenvalue weighted by molar-refractivity contribution is -0.262. The number of ketones is 1. The van der Waals surface area contributed by atoms with E-state index in [9.17, 15) is 34.5 Å². The fraction of sp³-hybridized carbons (Fsp3) is 0.429. The zero-order valence-corrected chi connectivity index (χ0v) is 44.4. The number of carbonyl (C=O) groups excluding carboxylic acids is 3. The Morgan fingerprint density at radius 1 is 0.589 bits per heavy atom. The van der Waals surface area contributed by atoms with Crippen molar-refractivity contribution in [1.29, 1.82) is 0 Å². The van der Waals surface area contributed by atoms with Gasteiger partial charge in [-0.3, -0.25) is 19.9 Å². The average Bonchev–Trinajstić information content (AvgIpc) is 3.56. The number of carbonyl (C=O) groups is 4. The summed E-state index contributed by atoms with van der Waals surface area (Å²) in [6, 6.07) is 38.2. The molecule has 0 aliphatic carbocycles. The number of nitrogens with zero attached hydrogens (tertiary/aromatic N) is 2. The normalized spacial score (nSPS) is 15.3. The van der Waals surface area contributed by atoms with Gasteiger partial charge in [0.25, 0.3) is 5.91 Å². The molecule has 0 saturated carbocycles. The number of aliphatic carboxylic acids is 1. The van der Waals surface area contributed by atoms with Crippen LogP contribution in [0.1, 0.15) is 98.4 Å². The first-order valence-corrected chi connectivity index (χ1v) is 23.4. The Morgan fingerprint density at radius 2 is 0.945 bits per heavy atom. The van der Waals surface area contributed by atoms with E-state index in [0.29, 0.717) is 26.4 Å². The standard InChI is InChI=1S/C16H23NO5.C16H25NO3.C12H14N2O3.C10H12O2.C2H4/c1-15(2,3)22-14(20)17-16(4,13(18)19)11-21-10-12-8-6-5-7-9-12;1-15(2,3)20-14(18)17-16(4,5)12-19-11-13-9-7-6-8-10-13;1-12(10(15)13-11(16)14-12)8-17-7-9-5-3-2-4-6-9;1-9(11)7-12-8-10-5-3-2-4-6-10;1-2/h5-9H,10-11H2,1-4H3,(H,17,20)(H,18,19);6-10H,11-12H2,1-5H3,(H,17,18);2-6H,7-8H2,1H3,(H2,13,14,15,16);2-6H,7-8H2,1H3;1-2H2/p-2. The van der Waals surface area contributed by atoms with Crippen LogP contribution in [0.15, 0.2) is 144 Å². The molecule has 1 aliphatic heterocycles. The topological polar surface area (TPSA) is 239 Å². The van der Waals surface area contributed by atoms with Crippen LogP contribution in [-0.2, 0) is 69.2 Å². The molecule has 0 spiro atoms.